The second kappa shape index (κ2) is 8.42. The van der Waals surface area contributed by atoms with Gasteiger partial charge in [-0.05, 0) is 54.7 Å². The molecule has 1 heterocycles. The Morgan fingerprint density at radius 2 is 1.88 bits per heavy atom. The summed E-state index contributed by atoms with van der Waals surface area (Å²) in [6.45, 7) is 8.17. The topological polar surface area (TPSA) is 71.1 Å². The highest BCUT2D eigenvalue weighted by atomic mass is 16.2. The minimum Gasteiger partial charge on any atom is -0.350 e. The van der Waals surface area contributed by atoms with Gasteiger partial charge in [0.15, 0.2) is 0 Å². The minimum atomic E-state index is -0.592. The molecule has 132 valence electrons. The number of aryl methyl sites for hydroxylation is 2. The Bertz CT molecular complexity index is 742. The summed E-state index contributed by atoms with van der Waals surface area (Å²) in [4.78, 5) is 29.0. The molecule has 0 saturated heterocycles. The Hall–Kier alpha value is -2.69. The Morgan fingerprint density at radius 1 is 1.12 bits per heavy atom. The number of hydrogen-bond acceptors (Lipinski definition) is 3. The molecule has 1 aromatic carbocycles. The van der Waals surface area contributed by atoms with Gasteiger partial charge in [0.05, 0.1) is 0 Å². The predicted octanol–water partition coefficient (Wildman–Crippen LogP) is 2.77. The fourth-order valence-electron chi connectivity index (χ4n) is 2.44. The van der Waals surface area contributed by atoms with Gasteiger partial charge in [-0.3, -0.25) is 14.6 Å². The number of rotatable bonds is 6. The highest BCUT2D eigenvalue weighted by Crippen LogP contribution is 2.11. The van der Waals surface area contributed by atoms with E-state index >= 15 is 0 Å². The normalized spacial score (nSPS) is 11.9. The molecule has 2 rings (SSSR count). The van der Waals surface area contributed by atoms with Crippen LogP contribution < -0.4 is 10.6 Å². The first-order chi connectivity index (χ1) is 11.9. The Morgan fingerprint density at radius 3 is 2.48 bits per heavy atom. The van der Waals surface area contributed by atoms with Crippen molar-refractivity contribution in [1.29, 1.82) is 0 Å². The monoisotopic (exact) mass is 339 g/mol. The number of aromatic nitrogens is 1. The SMILES string of the molecule is Cc1ccc(C(=O)N[C@@H](C(=O)NCc2cccnc2)C(C)C)cc1C. The van der Waals surface area contributed by atoms with Crippen molar-refractivity contribution in [2.45, 2.75) is 40.3 Å². The van der Waals surface area contributed by atoms with E-state index in [0.717, 1.165) is 16.7 Å². The van der Waals surface area contributed by atoms with Gasteiger partial charge in [-0.1, -0.05) is 26.0 Å². The number of hydrogen-bond donors (Lipinski definition) is 2. The first kappa shape index (κ1) is 18.6. The molecule has 0 fully saturated rings. The van der Waals surface area contributed by atoms with Crippen LogP contribution in [0.3, 0.4) is 0 Å². The van der Waals surface area contributed by atoms with E-state index < -0.39 is 6.04 Å². The summed E-state index contributed by atoms with van der Waals surface area (Å²) in [5, 5.41) is 5.71. The molecule has 0 aliphatic rings. The van der Waals surface area contributed by atoms with Crippen molar-refractivity contribution in [3.8, 4) is 0 Å². The van der Waals surface area contributed by atoms with Crippen molar-refractivity contribution in [2.75, 3.05) is 0 Å². The van der Waals surface area contributed by atoms with Gasteiger partial charge in [0.25, 0.3) is 5.91 Å². The predicted molar refractivity (Wildman–Crippen MR) is 98.1 cm³/mol. The second-order valence-electron chi connectivity index (χ2n) is 6.57. The fraction of sp³-hybridized carbons (Fsp3) is 0.350. The molecule has 1 atom stereocenters. The van der Waals surface area contributed by atoms with E-state index in [2.05, 4.69) is 15.6 Å². The van der Waals surface area contributed by atoms with Crippen LogP contribution in [0.5, 0.6) is 0 Å². The number of benzene rings is 1. The Labute approximate surface area is 148 Å². The highest BCUT2D eigenvalue weighted by Gasteiger charge is 2.24. The lowest BCUT2D eigenvalue weighted by Crippen LogP contribution is -2.49. The van der Waals surface area contributed by atoms with Gasteiger partial charge in [-0.15, -0.1) is 0 Å². The lowest BCUT2D eigenvalue weighted by Gasteiger charge is -2.22. The minimum absolute atomic E-state index is 0.0237. The Kier molecular flexibility index (Phi) is 6.28. The van der Waals surface area contributed by atoms with Crippen LogP contribution in [0.4, 0.5) is 0 Å². The van der Waals surface area contributed by atoms with E-state index in [1.54, 1.807) is 18.5 Å². The maximum absolute atomic E-state index is 12.5. The molecule has 0 saturated carbocycles. The average Bonchev–Trinajstić information content (AvgIpc) is 2.60. The average molecular weight is 339 g/mol. The third kappa shape index (κ3) is 5.14. The molecule has 5 heteroatoms. The van der Waals surface area contributed by atoms with Crippen LogP contribution in [0, 0.1) is 19.8 Å². The lowest BCUT2D eigenvalue weighted by atomic mass is 10.0. The molecule has 2 N–H and O–H groups in total. The molecule has 0 bridgehead atoms. The van der Waals surface area contributed by atoms with Crippen LogP contribution in [0.15, 0.2) is 42.7 Å². The Balaban J connectivity index is 2.02. The molecular formula is C20H25N3O2. The maximum Gasteiger partial charge on any atom is 0.251 e. The number of carbonyl (C=O) groups is 2. The third-order valence-electron chi connectivity index (χ3n) is 4.19. The number of amides is 2. The largest absolute Gasteiger partial charge is 0.350 e. The summed E-state index contributed by atoms with van der Waals surface area (Å²) in [7, 11) is 0. The summed E-state index contributed by atoms with van der Waals surface area (Å²) in [5.41, 5.74) is 3.66. The summed E-state index contributed by atoms with van der Waals surface area (Å²) in [6, 6.07) is 8.66. The zero-order chi connectivity index (χ0) is 18.4. The van der Waals surface area contributed by atoms with Crippen molar-refractivity contribution in [1.82, 2.24) is 15.6 Å². The van der Waals surface area contributed by atoms with Crippen molar-refractivity contribution in [3.63, 3.8) is 0 Å². The molecule has 2 amide bonds. The summed E-state index contributed by atoms with van der Waals surface area (Å²) >= 11 is 0. The van der Waals surface area contributed by atoms with Crippen molar-refractivity contribution < 1.29 is 9.59 Å². The number of pyridine rings is 1. The molecule has 1 aromatic heterocycles. The van der Waals surface area contributed by atoms with Gasteiger partial charge >= 0.3 is 0 Å². The van der Waals surface area contributed by atoms with Crippen LogP contribution in [0.2, 0.25) is 0 Å². The maximum atomic E-state index is 12.5. The molecule has 0 spiro atoms. The van der Waals surface area contributed by atoms with Gasteiger partial charge in [0.2, 0.25) is 5.91 Å². The lowest BCUT2D eigenvalue weighted by molar-refractivity contribution is -0.124. The van der Waals surface area contributed by atoms with Gasteiger partial charge in [0, 0.05) is 24.5 Å². The van der Waals surface area contributed by atoms with Gasteiger partial charge in [-0.25, -0.2) is 0 Å². The first-order valence-corrected chi connectivity index (χ1v) is 8.43. The summed E-state index contributed by atoms with van der Waals surface area (Å²) < 4.78 is 0. The zero-order valence-corrected chi connectivity index (χ0v) is 15.2. The number of carbonyl (C=O) groups excluding carboxylic acids is 2. The van der Waals surface area contributed by atoms with Crippen molar-refractivity contribution in [3.05, 3.63) is 65.0 Å². The van der Waals surface area contributed by atoms with E-state index in [0.29, 0.717) is 12.1 Å². The van der Waals surface area contributed by atoms with E-state index in [1.807, 2.05) is 52.0 Å². The molecule has 2 aromatic rings. The van der Waals surface area contributed by atoms with Gasteiger partial charge in [0.1, 0.15) is 6.04 Å². The molecule has 5 nitrogen and oxygen atoms in total. The first-order valence-electron chi connectivity index (χ1n) is 8.43. The molecular weight excluding hydrogens is 314 g/mol. The van der Waals surface area contributed by atoms with Crippen molar-refractivity contribution in [2.24, 2.45) is 5.92 Å². The van der Waals surface area contributed by atoms with Crippen LogP contribution in [0.1, 0.15) is 40.9 Å². The van der Waals surface area contributed by atoms with Gasteiger partial charge in [-0.2, -0.15) is 0 Å². The highest BCUT2D eigenvalue weighted by molar-refractivity contribution is 5.97. The van der Waals surface area contributed by atoms with Crippen LogP contribution in [-0.4, -0.2) is 22.8 Å². The van der Waals surface area contributed by atoms with E-state index in [-0.39, 0.29) is 17.7 Å². The van der Waals surface area contributed by atoms with Crippen LogP contribution >= 0.6 is 0 Å². The summed E-state index contributed by atoms with van der Waals surface area (Å²) in [5.74, 6) is -0.459. The zero-order valence-electron chi connectivity index (χ0n) is 15.2. The number of nitrogens with one attached hydrogen (secondary N) is 2. The molecule has 0 radical (unpaired) electrons. The second-order valence-corrected chi connectivity index (χ2v) is 6.57. The molecule has 0 unspecified atom stereocenters. The molecule has 0 aliphatic carbocycles. The van der Waals surface area contributed by atoms with E-state index in [1.165, 1.54) is 0 Å². The smallest absolute Gasteiger partial charge is 0.251 e. The van der Waals surface area contributed by atoms with Crippen LogP contribution in [0.25, 0.3) is 0 Å². The quantitative estimate of drug-likeness (QED) is 0.850. The van der Waals surface area contributed by atoms with Crippen LogP contribution in [-0.2, 0) is 11.3 Å². The third-order valence-corrected chi connectivity index (χ3v) is 4.19. The van der Waals surface area contributed by atoms with Crippen molar-refractivity contribution >= 4 is 11.8 Å². The van der Waals surface area contributed by atoms with E-state index in [9.17, 15) is 9.59 Å². The fourth-order valence-corrected chi connectivity index (χ4v) is 2.44. The number of nitrogens with zero attached hydrogens (tertiary/aromatic N) is 1. The summed E-state index contributed by atoms with van der Waals surface area (Å²) in [6.07, 6.45) is 3.39. The van der Waals surface area contributed by atoms with Gasteiger partial charge < -0.3 is 10.6 Å². The molecule has 25 heavy (non-hydrogen) atoms. The standard InChI is InChI=1S/C20H25N3O2/c1-13(2)18(20(25)22-12-16-6-5-9-21-11-16)23-19(24)17-8-7-14(3)15(4)10-17/h5-11,13,18H,12H2,1-4H3,(H,22,25)(H,23,24)/t18-/m1/s1. The molecule has 0 aliphatic heterocycles. The van der Waals surface area contributed by atoms with E-state index in [4.69, 9.17) is 0 Å².